The van der Waals surface area contributed by atoms with Gasteiger partial charge in [-0.2, -0.15) is 0 Å². The van der Waals surface area contributed by atoms with E-state index < -0.39 is 0 Å². The van der Waals surface area contributed by atoms with E-state index in [4.69, 9.17) is 0 Å². The van der Waals surface area contributed by atoms with E-state index in [-0.39, 0.29) is 6.03 Å². The molecule has 1 aliphatic carbocycles. The number of nitrogens with zero attached hydrogens (tertiary/aromatic N) is 2. The number of benzene rings is 1. The number of hydrogen-bond acceptors (Lipinski definition) is 2. The first-order valence-corrected chi connectivity index (χ1v) is 9.57. The van der Waals surface area contributed by atoms with Gasteiger partial charge in [0.1, 0.15) is 0 Å². The zero-order valence-electron chi connectivity index (χ0n) is 13.6. The van der Waals surface area contributed by atoms with Crippen molar-refractivity contribution in [2.75, 3.05) is 31.5 Å². The van der Waals surface area contributed by atoms with Crippen molar-refractivity contribution < 1.29 is 4.79 Å². The maximum Gasteiger partial charge on any atom is 0.321 e. The molecule has 5 heteroatoms. The van der Waals surface area contributed by atoms with E-state index in [9.17, 15) is 4.79 Å². The fourth-order valence-electron chi connectivity index (χ4n) is 3.68. The molecule has 1 saturated carbocycles. The van der Waals surface area contributed by atoms with Gasteiger partial charge in [0, 0.05) is 42.4 Å². The van der Waals surface area contributed by atoms with Gasteiger partial charge in [-0.25, -0.2) is 4.79 Å². The Bertz CT molecular complexity index is 521. The predicted molar refractivity (Wildman–Crippen MR) is 97.8 cm³/mol. The second-order valence-electron chi connectivity index (χ2n) is 6.61. The second-order valence-corrected chi connectivity index (χ2v) is 7.52. The van der Waals surface area contributed by atoms with Crippen molar-refractivity contribution in [1.82, 2.24) is 9.80 Å². The van der Waals surface area contributed by atoms with E-state index in [1.807, 2.05) is 29.2 Å². The third-order valence-electron chi connectivity index (χ3n) is 5.02. The molecule has 0 aromatic heterocycles. The third kappa shape index (κ3) is 4.70. The highest BCUT2D eigenvalue weighted by molar-refractivity contribution is 9.10. The fraction of sp³-hybridized carbons (Fsp3) is 0.611. The molecule has 1 aromatic carbocycles. The van der Waals surface area contributed by atoms with Crippen LogP contribution in [0.2, 0.25) is 0 Å². The van der Waals surface area contributed by atoms with Crippen molar-refractivity contribution >= 4 is 27.6 Å². The molecule has 3 rings (SSSR count). The minimum atomic E-state index is 0.0172. The minimum Gasteiger partial charge on any atom is -0.322 e. The van der Waals surface area contributed by atoms with E-state index in [2.05, 4.69) is 26.1 Å². The molecule has 0 spiro atoms. The molecule has 0 bridgehead atoms. The van der Waals surface area contributed by atoms with Gasteiger partial charge in [0.2, 0.25) is 0 Å². The van der Waals surface area contributed by atoms with Crippen LogP contribution in [0.1, 0.15) is 38.5 Å². The molecule has 2 aliphatic rings. The molecule has 1 heterocycles. The molecule has 4 nitrogen and oxygen atoms in total. The molecule has 126 valence electrons. The van der Waals surface area contributed by atoms with Gasteiger partial charge in [-0.3, -0.25) is 4.90 Å². The number of hydrogen-bond donors (Lipinski definition) is 1. The van der Waals surface area contributed by atoms with E-state index in [0.29, 0.717) is 0 Å². The van der Waals surface area contributed by atoms with Crippen LogP contribution in [0.5, 0.6) is 0 Å². The van der Waals surface area contributed by atoms with E-state index in [1.54, 1.807) is 0 Å². The molecular formula is C18H26BrN3O. The van der Waals surface area contributed by atoms with Crippen LogP contribution < -0.4 is 5.32 Å². The number of urea groups is 1. The minimum absolute atomic E-state index is 0.0172. The SMILES string of the molecule is O=C(Nc1cccc(Br)c1)N1CCN(C2CCCCCC2)CC1. The molecule has 0 radical (unpaired) electrons. The number of carbonyl (C=O) groups is 1. The Morgan fingerprint density at radius 1 is 1.04 bits per heavy atom. The normalized spacial score (nSPS) is 21.0. The van der Waals surface area contributed by atoms with Gasteiger partial charge in [0.15, 0.2) is 0 Å². The summed E-state index contributed by atoms with van der Waals surface area (Å²) in [6, 6.07) is 8.51. The summed E-state index contributed by atoms with van der Waals surface area (Å²) in [5.41, 5.74) is 0.843. The van der Waals surface area contributed by atoms with Crippen LogP contribution in [0.25, 0.3) is 0 Å². The number of carbonyl (C=O) groups excluding carboxylic acids is 1. The van der Waals surface area contributed by atoms with Crippen molar-refractivity contribution in [2.24, 2.45) is 0 Å². The largest absolute Gasteiger partial charge is 0.322 e. The summed E-state index contributed by atoms with van der Waals surface area (Å²) in [6.45, 7) is 3.68. The average Bonchev–Trinajstić information content (AvgIpc) is 2.84. The molecule has 2 fully saturated rings. The molecule has 1 N–H and O–H groups in total. The predicted octanol–water partition coefficient (Wildman–Crippen LogP) is 4.32. The van der Waals surface area contributed by atoms with Crippen LogP contribution in [0, 0.1) is 0 Å². The fourth-order valence-corrected chi connectivity index (χ4v) is 4.08. The Morgan fingerprint density at radius 2 is 1.74 bits per heavy atom. The number of amides is 2. The van der Waals surface area contributed by atoms with Crippen LogP contribution in [-0.2, 0) is 0 Å². The summed E-state index contributed by atoms with van der Waals surface area (Å²) in [4.78, 5) is 16.9. The van der Waals surface area contributed by atoms with Crippen LogP contribution in [0.3, 0.4) is 0 Å². The van der Waals surface area contributed by atoms with Gasteiger partial charge in [-0.15, -0.1) is 0 Å². The van der Waals surface area contributed by atoms with Gasteiger partial charge in [0.25, 0.3) is 0 Å². The Labute approximate surface area is 147 Å². The van der Waals surface area contributed by atoms with Crippen LogP contribution in [-0.4, -0.2) is 48.1 Å². The van der Waals surface area contributed by atoms with Crippen molar-refractivity contribution in [3.8, 4) is 0 Å². The van der Waals surface area contributed by atoms with Crippen LogP contribution >= 0.6 is 15.9 Å². The Morgan fingerprint density at radius 3 is 2.39 bits per heavy atom. The first kappa shape index (κ1) is 16.8. The average molecular weight is 380 g/mol. The van der Waals surface area contributed by atoms with Gasteiger partial charge in [-0.05, 0) is 31.0 Å². The molecule has 0 unspecified atom stereocenters. The summed E-state index contributed by atoms with van der Waals surface area (Å²) >= 11 is 3.43. The first-order chi connectivity index (χ1) is 11.2. The van der Waals surface area contributed by atoms with Gasteiger partial charge < -0.3 is 10.2 Å². The topological polar surface area (TPSA) is 35.6 Å². The lowest BCUT2D eigenvalue weighted by Crippen LogP contribution is -2.52. The standard InChI is InChI=1S/C18H26BrN3O/c19-15-6-5-7-16(14-15)20-18(23)22-12-10-21(11-13-22)17-8-3-1-2-4-9-17/h5-7,14,17H,1-4,8-13H2,(H,20,23). The van der Waals surface area contributed by atoms with Crippen molar-refractivity contribution in [3.63, 3.8) is 0 Å². The van der Waals surface area contributed by atoms with Crippen LogP contribution in [0.4, 0.5) is 10.5 Å². The first-order valence-electron chi connectivity index (χ1n) is 8.78. The second kappa shape index (κ2) is 8.15. The Balaban J connectivity index is 1.49. The smallest absolute Gasteiger partial charge is 0.321 e. The maximum absolute atomic E-state index is 12.4. The lowest BCUT2D eigenvalue weighted by atomic mass is 10.1. The molecular weight excluding hydrogens is 354 g/mol. The van der Waals surface area contributed by atoms with Gasteiger partial charge in [-0.1, -0.05) is 47.7 Å². The number of nitrogens with one attached hydrogen (secondary N) is 1. The summed E-state index contributed by atoms with van der Waals surface area (Å²) in [6.07, 6.45) is 8.20. The monoisotopic (exact) mass is 379 g/mol. The molecule has 1 aromatic rings. The molecule has 1 saturated heterocycles. The molecule has 0 atom stereocenters. The third-order valence-corrected chi connectivity index (χ3v) is 5.51. The molecule has 2 amide bonds. The van der Waals surface area contributed by atoms with E-state index in [0.717, 1.165) is 42.4 Å². The highest BCUT2D eigenvalue weighted by atomic mass is 79.9. The summed E-state index contributed by atoms with van der Waals surface area (Å²) in [5.74, 6) is 0. The number of anilines is 1. The Hall–Kier alpha value is -1.07. The lowest BCUT2D eigenvalue weighted by Gasteiger charge is -2.39. The van der Waals surface area contributed by atoms with E-state index in [1.165, 1.54) is 38.5 Å². The number of rotatable bonds is 2. The lowest BCUT2D eigenvalue weighted by molar-refractivity contribution is 0.105. The van der Waals surface area contributed by atoms with Crippen molar-refractivity contribution in [3.05, 3.63) is 28.7 Å². The van der Waals surface area contributed by atoms with Crippen molar-refractivity contribution in [1.29, 1.82) is 0 Å². The molecule has 23 heavy (non-hydrogen) atoms. The van der Waals surface area contributed by atoms with Crippen molar-refractivity contribution in [2.45, 2.75) is 44.6 Å². The summed E-state index contributed by atoms with van der Waals surface area (Å²) in [7, 11) is 0. The van der Waals surface area contributed by atoms with Gasteiger partial charge in [0.05, 0.1) is 0 Å². The maximum atomic E-state index is 12.4. The highest BCUT2D eigenvalue weighted by Crippen LogP contribution is 2.23. The quantitative estimate of drug-likeness (QED) is 0.776. The zero-order chi connectivity index (χ0) is 16.1. The van der Waals surface area contributed by atoms with Gasteiger partial charge >= 0.3 is 6.03 Å². The molecule has 1 aliphatic heterocycles. The number of piperazine rings is 1. The summed E-state index contributed by atoms with van der Waals surface area (Å²) in [5, 5.41) is 3.00. The zero-order valence-corrected chi connectivity index (χ0v) is 15.2. The number of halogens is 1. The Kier molecular flexibility index (Phi) is 5.95. The van der Waals surface area contributed by atoms with Crippen LogP contribution in [0.15, 0.2) is 28.7 Å². The highest BCUT2D eigenvalue weighted by Gasteiger charge is 2.26. The van der Waals surface area contributed by atoms with E-state index >= 15 is 0 Å². The summed E-state index contributed by atoms with van der Waals surface area (Å²) < 4.78 is 0.980.